The van der Waals surface area contributed by atoms with E-state index in [0.717, 1.165) is 18.5 Å². The number of hydrogen-bond donors (Lipinski definition) is 2. The summed E-state index contributed by atoms with van der Waals surface area (Å²) in [5.74, 6) is -1.17. The number of carbonyl (C=O) groups excluding carboxylic acids is 1. The highest BCUT2D eigenvalue weighted by atomic mass is 19.4. The molecule has 2 atom stereocenters. The Hall–Kier alpha value is -3.37. The molecule has 2 aromatic rings. The number of urea groups is 1. The number of likely N-dealkylation sites (tertiary alicyclic amines) is 1. The number of benzene rings is 1. The number of nitrogens with zero attached hydrogens (tertiary/aromatic N) is 4. The molecule has 2 amide bonds. The molecule has 158 valence electrons. The molecule has 2 aliphatic rings. The zero-order chi connectivity index (χ0) is 21.5. The van der Waals surface area contributed by atoms with Crippen LogP contribution in [-0.4, -0.2) is 58.4 Å². The molecule has 2 saturated heterocycles. The van der Waals surface area contributed by atoms with E-state index in [4.69, 9.17) is 0 Å². The molecular formula is C19H18F3N5O3. The van der Waals surface area contributed by atoms with Crippen molar-refractivity contribution in [3.63, 3.8) is 0 Å². The lowest BCUT2D eigenvalue weighted by molar-refractivity contribution is -0.137. The fraction of sp³-hybridized carbons (Fsp3) is 0.368. The van der Waals surface area contributed by atoms with Gasteiger partial charge in [0.2, 0.25) is 0 Å². The van der Waals surface area contributed by atoms with E-state index in [0.29, 0.717) is 26.2 Å². The summed E-state index contributed by atoms with van der Waals surface area (Å²) in [4.78, 5) is 27.1. The number of para-hydroxylation sites is 1. The van der Waals surface area contributed by atoms with Crippen molar-refractivity contribution in [2.24, 2.45) is 11.8 Å². The van der Waals surface area contributed by atoms with Gasteiger partial charge in [0, 0.05) is 43.7 Å². The number of nitrogens with one attached hydrogen (secondary N) is 1. The molecule has 11 heteroatoms. The van der Waals surface area contributed by atoms with Gasteiger partial charge < -0.3 is 20.2 Å². The zero-order valence-corrected chi connectivity index (χ0v) is 15.6. The molecule has 2 fully saturated rings. The second-order valence-electron chi connectivity index (χ2n) is 7.40. The summed E-state index contributed by atoms with van der Waals surface area (Å²) in [5, 5.41) is 18.8. The van der Waals surface area contributed by atoms with Crippen LogP contribution in [-0.2, 0) is 6.18 Å². The van der Waals surface area contributed by atoms with E-state index in [1.807, 2.05) is 0 Å². The molecule has 0 radical (unpaired) electrons. The van der Waals surface area contributed by atoms with Crippen LogP contribution >= 0.6 is 0 Å². The SMILES string of the molecule is O=C(O)c1cnncc1NC(=O)N1C[C@@H]2CN(c3ccccc3C(F)(F)F)C[C@@H]2C1. The van der Waals surface area contributed by atoms with Gasteiger partial charge in [0.15, 0.2) is 0 Å². The summed E-state index contributed by atoms with van der Waals surface area (Å²) in [7, 11) is 0. The van der Waals surface area contributed by atoms with E-state index in [9.17, 15) is 27.9 Å². The summed E-state index contributed by atoms with van der Waals surface area (Å²) in [6.45, 7) is 1.58. The fourth-order valence-electron chi connectivity index (χ4n) is 4.13. The first-order valence-electron chi connectivity index (χ1n) is 9.25. The number of carboxylic acid groups (broad SMARTS) is 1. The monoisotopic (exact) mass is 421 g/mol. The highest BCUT2D eigenvalue weighted by Gasteiger charge is 2.44. The van der Waals surface area contributed by atoms with E-state index in [1.165, 1.54) is 12.1 Å². The molecule has 2 N–H and O–H groups in total. The highest BCUT2D eigenvalue weighted by molar-refractivity contribution is 5.99. The zero-order valence-electron chi connectivity index (χ0n) is 15.6. The predicted octanol–water partition coefficient (Wildman–Crippen LogP) is 2.79. The Bertz CT molecular complexity index is 970. The molecule has 0 spiro atoms. The molecule has 0 bridgehead atoms. The first kappa shape index (κ1) is 19.9. The first-order chi connectivity index (χ1) is 14.2. The van der Waals surface area contributed by atoms with Crippen LogP contribution in [0.3, 0.4) is 0 Å². The number of anilines is 2. The number of rotatable bonds is 3. The Morgan fingerprint density at radius 2 is 1.67 bits per heavy atom. The molecule has 3 heterocycles. The van der Waals surface area contributed by atoms with E-state index in [2.05, 4.69) is 15.5 Å². The Kier molecular flexibility index (Phi) is 4.96. The maximum atomic E-state index is 13.3. The number of halogens is 3. The minimum atomic E-state index is -4.43. The van der Waals surface area contributed by atoms with Crippen molar-refractivity contribution < 1.29 is 27.9 Å². The molecular weight excluding hydrogens is 403 g/mol. The highest BCUT2D eigenvalue weighted by Crippen LogP contribution is 2.40. The summed E-state index contributed by atoms with van der Waals surface area (Å²) in [6, 6.07) is 5.03. The number of carboxylic acids is 1. The van der Waals surface area contributed by atoms with Crippen LogP contribution in [0.5, 0.6) is 0 Å². The molecule has 30 heavy (non-hydrogen) atoms. The number of amides is 2. The van der Waals surface area contributed by atoms with Crippen LogP contribution in [0, 0.1) is 11.8 Å². The summed E-state index contributed by atoms with van der Waals surface area (Å²) in [5.41, 5.74) is -0.636. The lowest BCUT2D eigenvalue weighted by Crippen LogP contribution is -2.36. The summed E-state index contributed by atoms with van der Waals surface area (Å²) in [6.07, 6.45) is -2.22. The average molecular weight is 421 g/mol. The van der Waals surface area contributed by atoms with E-state index in [-0.39, 0.29) is 28.8 Å². The van der Waals surface area contributed by atoms with Gasteiger partial charge in [0.25, 0.3) is 0 Å². The predicted molar refractivity (Wildman–Crippen MR) is 100 cm³/mol. The number of hydrogen-bond acceptors (Lipinski definition) is 5. The van der Waals surface area contributed by atoms with Gasteiger partial charge in [-0.1, -0.05) is 12.1 Å². The average Bonchev–Trinajstić information content (AvgIpc) is 3.27. The van der Waals surface area contributed by atoms with Gasteiger partial charge in [-0.3, -0.25) is 0 Å². The largest absolute Gasteiger partial charge is 0.478 e. The van der Waals surface area contributed by atoms with Crippen molar-refractivity contribution in [3.8, 4) is 0 Å². The molecule has 0 aliphatic carbocycles. The van der Waals surface area contributed by atoms with Crippen molar-refractivity contribution >= 4 is 23.4 Å². The van der Waals surface area contributed by atoms with Crippen molar-refractivity contribution in [2.45, 2.75) is 6.18 Å². The number of alkyl halides is 3. The smallest absolute Gasteiger partial charge is 0.418 e. The van der Waals surface area contributed by atoms with Crippen LogP contribution in [0.15, 0.2) is 36.7 Å². The summed E-state index contributed by atoms with van der Waals surface area (Å²) < 4.78 is 40.0. The third kappa shape index (κ3) is 3.74. The minimum absolute atomic E-state index is 0.0338. The van der Waals surface area contributed by atoms with Gasteiger partial charge in [-0.25, -0.2) is 9.59 Å². The van der Waals surface area contributed by atoms with Crippen LogP contribution < -0.4 is 10.2 Å². The van der Waals surface area contributed by atoms with E-state index >= 15 is 0 Å². The van der Waals surface area contributed by atoms with Crippen LogP contribution in [0.4, 0.5) is 29.3 Å². The lowest BCUT2D eigenvalue weighted by Gasteiger charge is -2.26. The van der Waals surface area contributed by atoms with Crippen molar-refractivity contribution in [1.29, 1.82) is 0 Å². The van der Waals surface area contributed by atoms with Gasteiger partial charge in [-0.15, -0.1) is 0 Å². The maximum absolute atomic E-state index is 13.3. The maximum Gasteiger partial charge on any atom is 0.418 e. The molecule has 8 nitrogen and oxygen atoms in total. The van der Waals surface area contributed by atoms with Crippen molar-refractivity contribution in [1.82, 2.24) is 15.1 Å². The fourth-order valence-corrected chi connectivity index (χ4v) is 4.13. The summed E-state index contributed by atoms with van der Waals surface area (Å²) >= 11 is 0. The van der Waals surface area contributed by atoms with Gasteiger partial charge in [-0.05, 0) is 12.1 Å². The van der Waals surface area contributed by atoms with Crippen LogP contribution in [0.25, 0.3) is 0 Å². The Balaban J connectivity index is 1.42. The molecule has 0 saturated carbocycles. The number of fused-ring (bicyclic) bond motifs is 1. The van der Waals surface area contributed by atoms with Gasteiger partial charge >= 0.3 is 18.2 Å². The van der Waals surface area contributed by atoms with Gasteiger partial charge in [0.1, 0.15) is 5.56 Å². The number of carbonyl (C=O) groups is 2. The van der Waals surface area contributed by atoms with E-state index in [1.54, 1.807) is 15.9 Å². The Morgan fingerprint density at radius 3 is 2.30 bits per heavy atom. The Morgan fingerprint density at radius 1 is 1.03 bits per heavy atom. The van der Waals surface area contributed by atoms with E-state index < -0.39 is 23.7 Å². The van der Waals surface area contributed by atoms with Gasteiger partial charge in [-0.2, -0.15) is 23.4 Å². The van der Waals surface area contributed by atoms with Crippen molar-refractivity contribution in [3.05, 3.63) is 47.8 Å². The normalized spacial score (nSPS) is 20.9. The second kappa shape index (κ2) is 7.47. The third-order valence-electron chi connectivity index (χ3n) is 5.53. The molecule has 1 aromatic carbocycles. The third-order valence-corrected chi connectivity index (χ3v) is 5.53. The molecule has 0 unspecified atom stereocenters. The standard InChI is InChI=1S/C19H18F3N5O3/c20-19(21,22)14-3-1-2-4-16(14)26-7-11-9-27(10-12(11)8-26)18(30)25-15-6-24-23-5-13(15)17(28)29/h1-6,11-12H,7-10H2,(H,28,29)(H,23,25,30)/t11-,12+. The first-order valence-corrected chi connectivity index (χ1v) is 9.25. The number of aromatic nitrogens is 2. The number of aromatic carboxylic acids is 1. The Labute approximate surface area is 169 Å². The van der Waals surface area contributed by atoms with Gasteiger partial charge in [0.05, 0.1) is 23.6 Å². The second-order valence-corrected chi connectivity index (χ2v) is 7.40. The van der Waals surface area contributed by atoms with Crippen molar-refractivity contribution in [2.75, 3.05) is 36.4 Å². The topological polar surface area (TPSA) is 98.7 Å². The van der Waals surface area contributed by atoms with Crippen LogP contribution in [0.2, 0.25) is 0 Å². The quantitative estimate of drug-likeness (QED) is 0.791. The minimum Gasteiger partial charge on any atom is -0.478 e. The molecule has 1 aromatic heterocycles. The molecule has 4 rings (SSSR count). The van der Waals surface area contributed by atoms with Crippen LogP contribution in [0.1, 0.15) is 15.9 Å². The lowest BCUT2D eigenvalue weighted by atomic mass is 10.0. The molecule has 2 aliphatic heterocycles.